The number of nitrogen functional groups attached to an aromatic ring is 1. The molecule has 0 spiro atoms. The van der Waals surface area contributed by atoms with E-state index in [4.69, 9.17) is 17.3 Å². The molecule has 0 unspecified atom stereocenters. The van der Waals surface area contributed by atoms with Gasteiger partial charge in [-0.25, -0.2) is 4.79 Å². The zero-order valence-corrected chi connectivity index (χ0v) is 9.61. The van der Waals surface area contributed by atoms with Crippen LogP contribution in [0.3, 0.4) is 0 Å². The molecule has 0 bridgehead atoms. The summed E-state index contributed by atoms with van der Waals surface area (Å²) in [6.07, 6.45) is 3.45. The van der Waals surface area contributed by atoms with Crippen molar-refractivity contribution in [3.8, 4) is 0 Å². The van der Waals surface area contributed by atoms with Crippen LogP contribution >= 0.6 is 11.6 Å². The first-order valence-electron chi connectivity index (χ1n) is 4.83. The molecule has 1 heterocycles. The number of nitrogens with two attached hydrogens (primary N) is 1. The predicted molar refractivity (Wildman–Crippen MR) is 64.6 cm³/mol. The lowest BCUT2D eigenvalue weighted by Crippen LogP contribution is -2.22. The Morgan fingerprint density at radius 2 is 2.12 bits per heavy atom. The number of benzene rings is 1. The van der Waals surface area contributed by atoms with E-state index in [0.29, 0.717) is 17.3 Å². The van der Waals surface area contributed by atoms with Crippen molar-refractivity contribution in [1.29, 1.82) is 0 Å². The topological polar surface area (TPSA) is 52.9 Å². The first-order chi connectivity index (χ1) is 7.58. The van der Waals surface area contributed by atoms with Gasteiger partial charge in [0.1, 0.15) is 0 Å². The highest BCUT2D eigenvalue weighted by Crippen LogP contribution is 2.18. The van der Waals surface area contributed by atoms with Crippen LogP contribution in [0.4, 0.5) is 5.69 Å². The molecule has 0 aliphatic heterocycles. The average molecular weight is 238 g/mol. The maximum absolute atomic E-state index is 11.6. The Labute approximate surface area is 97.9 Å². The van der Waals surface area contributed by atoms with E-state index in [9.17, 15) is 4.79 Å². The second kappa shape index (κ2) is 4.06. The molecule has 0 fully saturated rings. The van der Waals surface area contributed by atoms with Gasteiger partial charge >= 0.3 is 5.69 Å². The second-order valence-electron chi connectivity index (χ2n) is 3.66. The highest BCUT2D eigenvalue weighted by atomic mass is 35.5. The number of rotatable bonds is 2. The smallest absolute Gasteiger partial charge is 0.328 e. The molecule has 2 rings (SSSR count). The molecule has 0 amide bonds. The van der Waals surface area contributed by atoms with E-state index < -0.39 is 0 Å². The summed E-state index contributed by atoms with van der Waals surface area (Å²) >= 11 is 5.80. The monoisotopic (exact) mass is 237 g/mol. The third kappa shape index (κ3) is 1.97. The SMILES string of the molecule is Cn1ccn(Cc2ccc(Cl)cc2N)c1=O. The second-order valence-corrected chi connectivity index (χ2v) is 4.10. The molecule has 0 aliphatic carbocycles. The van der Waals surface area contributed by atoms with Crippen LogP contribution in [0.1, 0.15) is 5.56 Å². The highest BCUT2D eigenvalue weighted by Gasteiger charge is 2.04. The summed E-state index contributed by atoms with van der Waals surface area (Å²) < 4.78 is 3.12. The van der Waals surface area contributed by atoms with E-state index >= 15 is 0 Å². The fourth-order valence-corrected chi connectivity index (χ4v) is 1.70. The molecule has 16 heavy (non-hydrogen) atoms. The maximum Gasteiger partial charge on any atom is 0.328 e. The Balaban J connectivity index is 2.34. The van der Waals surface area contributed by atoms with Crippen molar-refractivity contribution in [2.45, 2.75) is 6.54 Å². The zero-order chi connectivity index (χ0) is 11.7. The van der Waals surface area contributed by atoms with Gasteiger partial charge in [-0.05, 0) is 17.7 Å². The molecule has 0 saturated heterocycles. The molecule has 1 aromatic carbocycles. The zero-order valence-electron chi connectivity index (χ0n) is 8.85. The van der Waals surface area contributed by atoms with E-state index in [-0.39, 0.29) is 5.69 Å². The summed E-state index contributed by atoms with van der Waals surface area (Å²) in [6, 6.07) is 5.28. The van der Waals surface area contributed by atoms with Crippen molar-refractivity contribution in [1.82, 2.24) is 9.13 Å². The van der Waals surface area contributed by atoms with Crippen molar-refractivity contribution >= 4 is 17.3 Å². The summed E-state index contributed by atoms with van der Waals surface area (Å²) in [4.78, 5) is 11.6. The molecule has 2 aromatic rings. The average Bonchev–Trinajstić information content (AvgIpc) is 2.54. The van der Waals surface area contributed by atoms with E-state index in [1.165, 1.54) is 4.57 Å². The van der Waals surface area contributed by atoms with E-state index in [0.717, 1.165) is 5.56 Å². The Morgan fingerprint density at radius 1 is 1.38 bits per heavy atom. The van der Waals surface area contributed by atoms with Crippen LogP contribution in [0, 0.1) is 0 Å². The van der Waals surface area contributed by atoms with Crippen LogP contribution in [-0.4, -0.2) is 9.13 Å². The molecule has 0 radical (unpaired) electrons. The molecule has 2 N–H and O–H groups in total. The molecule has 0 saturated carbocycles. The van der Waals surface area contributed by atoms with Gasteiger partial charge < -0.3 is 10.3 Å². The number of aromatic nitrogens is 2. The van der Waals surface area contributed by atoms with Gasteiger partial charge in [0, 0.05) is 30.2 Å². The lowest BCUT2D eigenvalue weighted by molar-refractivity contribution is 0.719. The van der Waals surface area contributed by atoms with Crippen LogP contribution in [0.5, 0.6) is 0 Å². The summed E-state index contributed by atoms with van der Waals surface area (Å²) in [5.41, 5.74) is 7.25. The molecular weight excluding hydrogens is 226 g/mol. The fraction of sp³-hybridized carbons (Fsp3) is 0.182. The molecule has 5 heteroatoms. The molecule has 4 nitrogen and oxygen atoms in total. The minimum absolute atomic E-state index is 0.0608. The van der Waals surface area contributed by atoms with Crippen LogP contribution in [0.25, 0.3) is 0 Å². The molecular formula is C11H12ClN3O. The molecule has 1 aromatic heterocycles. The third-order valence-electron chi connectivity index (χ3n) is 2.47. The Bertz CT molecular complexity index is 571. The van der Waals surface area contributed by atoms with Crippen molar-refractivity contribution in [3.05, 3.63) is 51.7 Å². The van der Waals surface area contributed by atoms with E-state index in [2.05, 4.69) is 0 Å². The number of hydrogen-bond acceptors (Lipinski definition) is 2. The number of anilines is 1. The van der Waals surface area contributed by atoms with Crippen LogP contribution < -0.4 is 11.4 Å². The van der Waals surface area contributed by atoms with Gasteiger partial charge in [0.25, 0.3) is 0 Å². The predicted octanol–water partition coefficient (Wildman–Crippen LogP) is 1.47. The lowest BCUT2D eigenvalue weighted by atomic mass is 10.2. The number of aryl methyl sites for hydroxylation is 1. The van der Waals surface area contributed by atoms with Crippen molar-refractivity contribution in [3.63, 3.8) is 0 Å². The van der Waals surface area contributed by atoms with Gasteiger partial charge in [0.05, 0.1) is 6.54 Å². The highest BCUT2D eigenvalue weighted by molar-refractivity contribution is 6.30. The van der Waals surface area contributed by atoms with Crippen molar-refractivity contribution in [2.75, 3.05) is 5.73 Å². The Hall–Kier alpha value is -1.68. The van der Waals surface area contributed by atoms with E-state index in [1.807, 2.05) is 6.07 Å². The number of imidazole rings is 1. The number of nitrogens with zero attached hydrogens (tertiary/aromatic N) is 2. The fourth-order valence-electron chi connectivity index (χ4n) is 1.52. The summed E-state index contributed by atoms with van der Waals surface area (Å²) in [7, 11) is 1.71. The lowest BCUT2D eigenvalue weighted by Gasteiger charge is -2.06. The third-order valence-corrected chi connectivity index (χ3v) is 2.70. The van der Waals surface area contributed by atoms with Gasteiger partial charge in [0.2, 0.25) is 0 Å². The minimum Gasteiger partial charge on any atom is -0.398 e. The van der Waals surface area contributed by atoms with Gasteiger partial charge in [0.15, 0.2) is 0 Å². The van der Waals surface area contributed by atoms with Gasteiger partial charge in [-0.2, -0.15) is 0 Å². The van der Waals surface area contributed by atoms with Crippen LogP contribution in [0.2, 0.25) is 5.02 Å². The largest absolute Gasteiger partial charge is 0.398 e. The summed E-state index contributed by atoms with van der Waals surface area (Å²) in [5.74, 6) is 0. The molecule has 0 aliphatic rings. The Morgan fingerprint density at radius 3 is 2.69 bits per heavy atom. The Kier molecular flexibility index (Phi) is 2.75. The number of halogens is 1. The van der Waals surface area contributed by atoms with Crippen molar-refractivity contribution in [2.24, 2.45) is 7.05 Å². The normalized spacial score (nSPS) is 10.6. The quantitative estimate of drug-likeness (QED) is 0.805. The van der Waals surface area contributed by atoms with Crippen LogP contribution in [-0.2, 0) is 13.6 Å². The molecule has 0 atom stereocenters. The first-order valence-corrected chi connectivity index (χ1v) is 5.21. The first kappa shape index (κ1) is 10.8. The standard InChI is InChI=1S/C11H12ClN3O/c1-14-4-5-15(11(14)16)7-8-2-3-9(12)6-10(8)13/h2-6H,7,13H2,1H3. The van der Waals surface area contributed by atoms with E-state index in [1.54, 1.807) is 36.1 Å². The van der Waals surface area contributed by atoms with Gasteiger partial charge in [-0.1, -0.05) is 17.7 Å². The summed E-state index contributed by atoms with van der Waals surface area (Å²) in [6.45, 7) is 0.461. The van der Waals surface area contributed by atoms with Gasteiger partial charge in [-0.15, -0.1) is 0 Å². The van der Waals surface area contributed by atoms with Crippen molar-refractivity contribution < 1.29 is 0 Å². The molecule has 84 valence electrons. The van der Waals surface area contributed by atoms with Crippen LogP contribution in [0.15, 0.2) is 35.4 Å². The maximum atomic E-state index is 11.6. The minimum atomic E-state index is -0.0608. The number of hydrogen-bond donors (Lipinski definition) is 1. The van der Waals surface area contributed by atoms with Gasteiger partial charge in [-0.3, -0.25) is 4.57 Å². The summed E-state index contributed by atoms with van der Waals surface area (Å²) in [5, 5.41) is 0.599.